The summed E-state index contributed by atoms with van der Waals surface area (Å²) in [6.07, 6.45) is 9.95. The molecule has 0 spiro atoms. The molecule has 0 radical (unpaired) electrons. The maximum Gasteiger partial charge on any atom is 0.306 e. The average Bonchev–Trinajstić information content (AvgIpc) is 2.72. The Kier molecular flexibility index (Phi) is 7.46. The van der Waals surface area contributed by atoms with E-state index in [4.69, 9.17) is 4.74 Å². The Morgan fingerprint density at radius 3 is 2.89 bits per heavy atom. The quantitative estimate of drug-likeness (QED) is 0.382. The van der Waals surface area contributed by atoms with Crippen molar-refractivity contribution in [2.24, 2.45) is 11.8 Å². The highest BCUT2D eigenvalue weighted by Gasteiger charge is 2.35. The smallest absolute Gasteiger partial charge is 0.306 e. The summed E-state index contributed by atoms with van der Waals surface area (Å²) in [4.78, 5) is 23.5. The molecule has 0 aromatic heterocycles. The van der Waals surface area contributed by atoms with Gasteiger partial charge in [0.05, 0.1) is 0 Å². The third-order valence-corrected chi connectivity index (χ3v) is 3.87. The van der Waals surface area contributed by atoms with Crippen LogP contribution < -0.4 is 0 Å². The largest absolute Gasteiger partial charge is 0.461 e. The van der Waals surface area contributed by atoms with Crippen molar-refractivity contribution >= 4 is 11.8 Å². The molecule has 3 heteroatoms. The van der Waals surface area contributed by atoms with Crippen LogP contribution in [-0.4, -0.2) is 18.4 Å². The fraction of sp³-hybridized carbons (Fsp3) is 0.750. The van der Waals surface area contributed by atoms with Gasteiger partial charge in [0, 0.05) is 18.8 Å². The summed E-state index contributed by atoms with van der Waals surface area (Å²) < 4.78 is 5.12. The lowest BCUT2D eigenvalue weighted by atomic mass is 9.88. The molecule has 108 valence electrons. The summed E-state index contributed by atoms with van der Waals surface area (Å²) in [6.45, 7) is 4.40. The van der Waals surface area contributed by atoms with Gasteiger partial charge in [-0.1, -0.05) is 38.3 Å². The molecule has 1 fully saturated rings. The number of ketones is 1. The zero-order valence-corrected chi connectivity index (χ0v) is 12.2. The SMILES string of the molecule is CC=CCOC(=O)CC1CCC(=O)C1CCCCC. The standard InChI is InChI=1S/C16H26O3/c1-3-5-7-8-14-13(9-10-15(14)17)12-16(18)19-11-6-4-2/h4,6,13-14H,3,5,7-12H2,1-2H3. The Morgan fingerprint density at radius 2 is 2.21 bits per heavy atom. The highest BCUT2D eigenvalue weighted by atomic mass is 16.5. The molecule has 2 unspecified atom stereocenters. The van der Waals surface area contributed by atoms with E-state index in [1.54, 1.807) is 0 Å². The molecule has 0 amide bonds. The van der Waals surface area contributed by atoms with Gasteiger partial charge in [-0.15, -0.1) is 0 Å². The van der Waals surface area contributed by atoms with Crippen LogP contribution in [0.25, 0.3) is 0 Å². The maximum absolute atomic E-state index is 11.9. The van der Waals surface area contributed by atoms with Crippen LogP contribution in [-0.2, 0) is 14.3 Å². The number of unbranched alkanes of at least 4 members (excludes halogenated alkanes) is 2. The van der Waals surface area contributed by atoms with Crippen molar-refractivity contribution in [1.82, 2.24) is 0 Å². The second-order valence-electron chi connectivity index (χ2n) is 5.32. The highest BCUT2D eigenvalue weighted by Crippen LogP contribution is 2.35. The Morgan fingerprint density at radius 1 is 1.42 bits per heavy atom. The van der Waals surface area contributed by atoms with E-state index < -0.39 is 0 Å². The van der Waals surface area contributed by atoms with Crippen molar-refractivity contribution in [3.8, 4) is 0 Å². The Labute approximate surface area is 116 Å². The van der Waals surface area contributed by atoms with Gasteiger partial charge in [-0.05, 0) is 25.7 Å². The van der Waals surface area contributed by atoms with Crippen LogP contribution in [0.2, 0.25) is 0 Å². The zero-order valence-electron chi connectivity index (χ0n) is 12.2. The summed E-state index contributed by atoms with van der Waals surface area (Å²) in [5.74, 6) is 0.490. The number of esters is 1. The number of rotatable bonds is 8. The van der Waals surface area contributed by atoms with Crippen LogP contribution in [0.3, 0.4) is 0 Å². The van der Waals surface area contributed by atoms with E-state index in [9.17, 15) is 9.59 Å². The van der Waals surface area contributed by atoms with E-state index >= 15 is 0 Å². The second kappa shape index (κ2) is 8.89. The van der Waals surface area contributed by atoms with Gasteiger partial charge in [0.1, 0.15) is 12.4 Å². The van der Waals surface area contributed by atoms with Crippen LogP contribution in [0.5, 0.6) is 0 Å². The van der Waals surface area contributed by atoms with Crippen molar-refractivity contribution in [3.63, 3.8) is 0 Å². The molecule has 1 saturated carbocycles. The fourth-order valence-corrected chi connectivity index (χ4v) is 2.74. The van der Waals surface area contributed by atoms with E-state index in [2.05, 4.69) is 6.92 Å². The molecule has 0 saturated heterocycles. The lowest BCUT2D eigenvalue weighted by molar-refractivity contribution is -0.143. The van der Waals surface area contributed by atoms with Gasteiger partial charge >= 0.3 is 5.97 Å². The first-order valence-corrected chi connectivity index (χ1v) is 7.48. The summed E-state index contributed by atoms with van der Waals surface area (Å²) in [7, 11) is 0. The molecule has 0 bridgehead atoms. The molecule has 3 nitrogen and oxygen atoms in total. The Balaban J connectivity index is 2.37. The minimum atomic E-state index is -0.168. The molecule has 1 aliphatic carbocycles. The van der Waals surface area contributed by atoms with Crippen LogP contribution in [0, 0.1) is 11.8 Å². The number of carbonyl (C=O) groups excluding carboxylic acids is 2. The third-order valence-electron chi connectivity index (χ3n) is 3.87. The average molecular weight is 266 g/mol. The molecule has 0 aromatic rings. The molecule has 0 aromatic carbocycles. The van der Waals surface area contributed by atoms with E-state index in [0.717, 1.165) is 25.7 Å². The summed E-state index contributed by atoms with van der Waals surface area (Å²) in [5.41, 5.74) is 0. The van der Waals surface area contributed by atoms with E-state index in [1.165, 1.54) is 6.42 Å². The Hall–Kier alpha value is -1.12. The number of Topliss-reactive ketones (excluding diaryl/α,β-unsaturated/α-hetero) is 1. The summed E-state index contributed by atoms with van der Waals surface area (Å²) in [5, 5.41) is 0. The molecule has 0 heterocycles. The topological polar surface area (TPSA) is 43.4 Å². The maximum atomic E-state index is 11.9. The number of hydrogen-bond donors (Lipinski definition) is 0. The number of allylic oxidation sites excluding steroid dienone is 1. The fourth-order valence-electron chi connectivity index (χ4n) is 2.74. The summed E-state index contributed by atoms with van der Waals surface area (Å²) >= 11 is 0. The Bertz CT molecular complexity index is 320. The minimum absolute atomic E-state index is 0.0980. The van der Waals surface area contributed by atoms with E-state index in [0.29, 0.717) is 25.2 Å². The summed E-state index contributed by atoms with van der Waals surface area (Å²) in [6, 6.07) is 0. The molecule has 2 atom stereocenters. The van der Waals surface area contributed by atoms with E-state index in [1.807, 2.05) is 19.1 Å². The lowest BCUT2D eigenvalue weighted by Gasteiger charge is -2.17. The van der Waals surface area contributed by atoms with Crippen molar-refractivity contribution in [3.05, 3.63) is 12.2 Å². The van der Waals surface area contributed by atoms with Crippen molar-refractivity contribution < 1.29 is 14.3 Å². The van der Waals surface area contributed by atoms with E-state index in [-0.39, 0.29) is 17.8 Å². The molecular formula is C16H26O3. The third kappa shape index (κ3) is 5.58. The number of carbonyl (C=O) groups is 2. The van der Waals surface area contributed by atoms with Crippen molar-refractivity contribution in [2.75, 3.05) is 6.61 Å². The predicted molar refractivity (Wildman–Crippen MR) is 75.8 cm³/mol. The molecular weight excluding hydrogens is 240 g/mol. The zero-order chi connectivity index (χ0) is 14.1. The minimum Gasteiger partial charge on any atom is -0.461 e. The number of hydrogen-bond acceptors (Lipinski definition) is 3. The monoisotopic (exact) mass is 266 g/mol. The molecule has 19 heavy (non-hydrogen) atoms. The number of ether oxygens (including phenoxy) is 1. The van der Waals surface area contributed by atoms with Crippen molar-refractivity contribution in [2.45, 2.75) is 58.8 Å². The van der Waals surface area contributed by atoms with Gasteiger partial charge in [-0.3, -0.25) is 9.59 Å². The van der Waals surface area contributed by atoms with Crippen LogP contribution in [0.15, 0.2) is 12.2 Å². The van der Waals surface area contributed by atoms with Gasteiger partial charge < -0.3 is 4.74 Å². The molecule has 0 N–H and O–H groups in total. The van der Waals surface area contributed by atoms with Crippen LogP contribution >= 0.6 is 0 Å². The first-order valence-electron chi connectivity index (χ1n) is 7.48. The predicted octanol–water partition coefficient (Wildman–Crippen LogP) is 3.67. The van der Waals surface area contributed by atoms with Crippen molar-refractivity contribution in [1.29, 1.82) is 0 Å². The highest BCUT2D eigenvalue weighted by molar-refractivity contribution is 5.84. The molecule has 0 aliphatic heterocycles. The van der Waals surface area contributed by atoms with Crippen LogP contribution in [0.1, 0.15) is 58.8 Å². The normalized spacial score (nSPS) is 23.2. The first kappa shape index (κ1) is 15.9. The van der Waals surface area contributed by atoms with Gasteiger partial charge in [0.25, 0.3) is 0 Å². The first-order chi connectivity index (χ1) is 9.19. The van der Waals surface area contributed by atoms with Gasteiger partial charge in [0.15, 0.2) is 0 Å². The van der Waals surface area contributed by atoms with Crippen LogP contribution in [0.4, 0.5) is 0 Å². The van der Waals surface area contributed by atoms with Gasteiger partial charge in [-0.2, -0.15) is 0 Å². The molecule has 1 aliphatic rings. The van der Waals surface area contributed by atoms with Gasteiger partial charge in [-0.25, -0.2) is 0 Å². The molecule has 1 rings (SSSR count). The van der Waals surface area contributed by atoms with Gasteiger partial charge in [0.2, 0.25) is 0 Å². The lowest BCUT2D eigenvalue weighted by Crippen LogP contribution is -2.19. The second-order valence-corrected chi connectivity index (χ2v) is 5.32.